The van der Waals surface area contributed by atoms with Crippen LogP contribution in [0.4, 0.5) is 5.69 Å². The Morgan fingerprint density at radius 3 is 2.88 bits per heavy atom. The average Bonchev–Trinajstić information content (AvgIpc) is 2.27. The van der Waals surface area contributed by atoms with Gasteiger partial charge in [0.15, 0.2) is 6.10 Å². The summed E-state index contributed by atoms with van der Waals surface area (Å²) in [6.45, 7) is 2.40. The normalized spacial score (nSPS) is 18.9. The van der Waals surface area contributed by atoms with Crippen LogP contribution >= 0.6 is 15.9 Å². The van der Waals surface area contributed by atoms with E-state index in [1.54, 1.807) is 11.9 Å². The molecule has 4 nitrogen and oxygen atoms in total. The number of ether oxygens (including phenoxy) is 1. The topological polar surface area (TPSA) is 55.6 Å². The third-order valence-corrected chi connectivity index (χ3v) is 3.33. The monoisotopic (exact) mass is 298 g/mol. The molecule has 0 spiro atoms. The van der Waals surface area contributed by atoms with Crippen LogP contribution in [0.1, 0.15) is 12.0 Å². The molecule has 1 unspecified atom stereocenters. The molecule has 5 heteroatoms. The van der Waals surface area contributed by atoms with E-state index in [0.29, 0.717) is 13.0 Å². The molecule has 0 fully saturated rings. The van der Waals surface area contributed by atoms with Crippen LogP contribution in [-0.2, 0) is 4.79 Å². The lowest BCUT2D eigenvalue weighted by Gasteiger charge is -2.33. The molecule has 17 heavy (non-hydrogen) atoms. The summed E-state index contributed by atoms with van der Waals surface area (Å²) in [4.78, 5) is 13.7. The Morgan fingerprint density at radius 2 is 2.24 bits per heavy atom. The summed E-state index contributed by atoms with van der Waals surface area (Å²) >= 11 is 3.42. The minimum Gasteiger partial charge on any atom is -0.478 e. The van der Waals surface area contributed by atoms with Crippen molar-refractivity contribution >= 4 is 27.5 Å². The minimum atomic E-state index is -0.461. The lowest BCUT2D eigenvalue weighted by atomic mass is 10.1. The van der Waals surface area contributed by atoms with Gasteiger partial charge in [0.25, 0.3) is 5.91 Å². The molecule has 1 aliphatic rings. The van der Waals surface area contributed by atoms with Crippen molar-refractivity contribution in [2.45, 2.75) is 19.4 Å². The van der Waals surface area contributed by atoms with Crippen molar-refractivity contribution in [2.24, 2.45) is 5.73 Å². The predicted molar refractivity (Wildman–Crippen MR) is 70.4 cm³/mol. The zero-order valence-electron chi connectivity index (χ0n) is 9.87. The lowest BCUT2D eigenvalue weighted by molar-refractivity contribution is -0.126. The Balaban J connectivity index is 2.45. The molecule has 2 rings (SSSR count). The van der Waals surface area contributed by atoms with Crippen molar-refractivity contribution < 1.29 is 9.53 Å². The Labute approximate surface area is 109 Å². The van der Waals surface area contributed by atoms with Gasteiger partial charge in [-0.15, -0.1) is 0 Å². The van der Waals surface area contributed by atoms with E-state index in [2.05, 4.69) is 15.9 Å². The molecule has 0 radical (unpaired) electrons. The molecule has 0 bridgehead atoms. The van der Waals surface area contributed by atoms with Gasteiger partial charge in [-0.1, -0.05) is 15.9 Å². The molecule has 0 aliphatic carbocycles. The molecule has 1 aliphatic heterocycles. The number of aryl methyl sites for hydroxylation is 1. The number of hydrogen-bond acceptors (Lipinski definition) is 3. The first-order valence-corrected chi connectivity index (χ1v) is 6.28. The first-order chi connectivity index (χ1) is 8.04. The first-order valence-electron chi connectivity index (χ1n) is 5.49. The third kappa shape index (κ3) is 2.17. The van der Waals surface area contributed by atoms with Crippen LogP contribution in [0.15, 0.2) is 16.6 Å². The Kier molecular flexibility index (Phi) is 3.40. The van der Waals surface area contributed by atoms with Gasteiger partial charge in [0.2, 0.25) is 0 Å². The lowest BCUT2D eigenvalue weighted by Crippen LogP contribution is -2.44. The quantitative estimate of drug-likeness (QED) is 0.906. The van der Waals surface area contributed by atoms with Gasteiger partial charge in [0.1, 0.15) is 5.75 Å². The highest BCUT2D eigenvalue weighted by Gasteiger charge is 2.32. The predicted octanol–water partition coefficient (Wildman–Crippen LogP) is 1.83. The van der Waals surface area contributed by atoms with E-state index in [-0.39, 0.29) is 5.91 Å². The standard InChI is InChI=1S/C12H15BrN2O2/c1-7-5-8(13)6-9-11(7)17-10(3-4-14)12(16)15(9)2/h5-6,10H,3-4,14H2,1-2H3. The zero-order valence-corrected chi connectivity index (χ0v) is 11.5. The van der Waals surface area contributed by atoms with E-state index < -0.39 is 6.10 Å². The second-order valence-corrected chi connectivity index (χ2v) is 5.07. The molecule has 1 aromatic carbocycles. The molecule has 1 amide bonds. The fourth-order valence-electron chi connectivity index (χ4n) is 1.98. The average molecular weight is 299 g/mol. The third-order valence-electron chi connectivity index (χ3n) is 2.88. The fraction of sp³-hybridized carbons (Fsp3) is 0.417. The maximum absolute atomic E-state index is 12.0. The van der Waals surface area contributed by atoms with E-state index in [1.165, 1.54) is 0 Å². The van der Waals surface area contributed by atoms with E-state index in [0.717, 1.165) is 21.5 Å². The number of nitrogens with zero attached hydrogens (tertiary/aromatic N) is 1. The van der Waals surface area contributed by atoms with Gasteiger partial charge < -0.3 is 15.4 Å². The Hall–Kier alpha value is -1.07. The molecule has 0 aromatic heterocycles. The summed E-state index contributed by atoms with van der Waals surface area (Å²) in [7, 11) is 1.76. The second kappa shape index (κ2) is 4.66. The molecule has 2 N–H and O–H groups in total. The van der Waals surface area contributed by atoms with Gasteiger partial charge in [-0.25, -0.2) is 0 Å². The number of likely N-dealkylation sites (N-methyl/N-ethyl adjacent to an activating group) is 1. The largest absolute Gasteiger partial charge is 0.478 e. The van der Waals surface area contributed by atoms with Gasteiger partial charge >= 0.3 is 0 Å². The molecule has 1 aromatic rings. The summed E-state index contributed by atoms with van der Waals surface area (Å²) in [5.74, 6) is 0.731. The van der Waals surface area contributed by atoms with Crippen molar-refractivity contribution in [3.63, 3.8) is 0 Å². The maximum Gasteiger partial charge on any atom is 0.267 e. The number of hydrogen-bond donors (Lipinski definition) is 1. The zero-order chi connectivity index (χ0) is 12.6. The highest BCUT2D eigenvalue weighted by atomic mass is 79.9. The number of carbonyl (C=O) groups excluding carboxylic acids is 1. The fourth-order valence-corrected chi connectivity index (χ4v) is 2.54. The highest BCUT2D eigenvalue weighted by molar-refractivity contribution is 9.10. The van der Waals surface area contributed by atoms with Gasteiger partial charge in [-0.05, 0) is 31.2 Å². The second-order valence-electron chi connectivity index (χ2n) is 4.15. The summed E-state index contributed by atoms with van der Waals surface area (Å²) in [5, 5.41) is 0. The van der Waals surface area contributed by atoms with Crippen molar-refractivity contribution in [3.05, 3.63) is 22.2 Å². The molecular weight excluding hydrogens is 284 g/mol. The van der Waals surface area contributed by atoms with E-state index in [1.807, 2.05) is 19.1 Å². The van der Waals surface area contributed by atoms with Gasteiger partial charge in [0, 0.05) is 17.9 Å². The summed E-state index contributed by atoms with van der Waals surface area (Å²) in [6, 6.07) is 3.86. The van der Waals surface area contributed by atoms with Crippen LogP contribution < -0.4 is 15.4 Å². The van der Waals surface area contributed by atoms with Crippen LogP contribution in [0.5, 0.6) is 5.75 Å². The summed E-state index contributed by atoms with van der Waals surface area (Å²) in [6.07, 6.45) is 0.0790. The van der Waals surface area contributed by atoms with Crippen molar-refractivity contribution in [3.8, 4) is 5.75 Å². The van der Waals surface area contributed by atoms with Crippen LogP contribution in [0, 0.1) is 6.92 Å². The van der Waals surface area contributed by atoms with Crippen molar-refractivity contribution in [2.75, 3.05) is 18.5 Å². The number of amides is 1. The van der Waals surface area contributed by atoms with Crippen molar-refractivity contribution in [1.82, 2.24) is 0 Å². The first kappa shape index (κ1) is 12.4. The van der Waals surface area contributed by atoms with Gasteiger partial charge in [-0.3, -0.25) is 4.79 Å². The number of carbonyl (C=O) groups is 1. The number of anilines is 1. The molecule has 0 saturated heterocycles. The van der Waals surface area contributed by atoms with Crippen molar-refractivity contribution in [1.29, 1.82) is 0 Å². The summed E-state index contributed by atoms with van der Waals surface area (Å²) < 4.78 is 6.69. The molecule has 1 atom stereocenters. The Bertz CT molecular complexity index is 462. The SMILES string of the molecule is Cc1cc(Br)cc2c1OC(CCN)C(=O)N2C. The molecular formula is C12H15BrN2O2. The number of fused-ring (bicyclic) bond motifs is 1. The van der Waals surface area contributed by atoms with E-state index in [9.17, 15) is 4.79 Å². The number of halogens is 1. The minimum absolute atomic E-state index is 0.0412. The van der Waals surface area contributed by atoms with Crippen LogP contribution in [0.2, 0.25) is 0 Å². The summed E-state index contributed by atoms with van der Waals surface area (Å²) in [5.41, 5.74) is 7.30. The van der Waals surface area contributed by atoms with Crippen LogP contribution in [0.25, 0.3) is 0 Å². The van der Waals surface area contributed by atoms with Crippen LogP contribution in [0.3, 0.4) is 0 Å². The number of rotatable bonds is 2. The highest BCUT2D eigenvalue weighted by Crippen LogP contribution is 2.38. The Morgan fingerprint density at radius 1 is 1.53 bits per heavy atom. The number of nitrogens with two attached hydrogens (primary N) is 1. The molecule has 1 heterocycles. The smallest absolute Gasteiger partial charge is 0.267 e. The maximum atomic E-state index is 12.0. The van der Waals surface area contributed by atoms with E-state index in [4.69, 9.17) is 10.5 Å². The van der Waals surface area contributed by atoms with Gasteiger partial charge in [0.05, 0.1) is 5.69 Å². The number of benzene rings is 1. The molecule has 0 saturated carbocycles. The van der Waals surface area contributed by atoms with E-state index >= 15 is 0 Å². The van der Waals surface area contributed by atoms with Gasteiger partial charge in [-0.2, -0.15) is 0 Å². The molecule has 92 valence electrons. The van der Waals surface area contributed by atoms with Crippen LogP contribution in [-0.4, -0.2) is 25.6 Å².